The summed E-state index contributed by atoms with van der Waals surface area (Å²) in [6.45, 7) is 1.03. The van der Waals surface area contributed by atoms with E-state index in [0.29, 0.717) is 11.8 Å². The van der Waals surface area contributed by atoms with Gasteiger partial charge in [-0.1, -0.05) is 0 Å². The average molecular weight is 222 g/mol. The van der Waals surface area contributed by atoms with Gasteiger partial charge in [0.1, 0.15) is 5.69 Å². The second-order valence-electron chi connectivity index (χ2n) is 3.47. The van der Waals surface area contributed by atoms with E-state index >= 15 is 0 Å². The third kappa shape index (κ3) is 1.66. The van der Waals surface area contributed by atoms with Crippen LogP contribution in [0.25, 0.3) is 11.6 Å². The standard InChI is InChI=1S/C9H10N4OS/c1-2-6(10-3-1)8-12-13-9(14-8)7-4-15-5-11-7/h4-6,10H,1-3H2. The van der Waals surface area contributed by atoms with E-state index in [1.54, 1.807) is 5.51 Å². The Hall–Kier alpha value is -1.27. The van der Waals surface area contributed by atoms with Crippen LogP contribution in [0, 0.1) is 0 Å². The third-order valence-electron chi connectivity index (χ3n) is 2.45. The monoisotopic (exact) mass is 222 g/mol. The minimum absolute atomic E-state index is 0.227. The molecular weight excluding hydrogens is 212 g/mol. The van der Waals surface area contributed by atoms with E-state index in [1.165, 1.54) is 17.8 Å². The van der Waals surface area contributed by atoms with Crippen LogP contribution < -0.4 is 5.32 Å². The zero-order valence-corrected chi connectivity index (χ0v) is 8.83. The topological polar surface area (TPSA) is 63.8 Å². The zero-order chi connectivity index (χ0) is 10.1. The largest absolute Gasteiger partial charge is 0.418 e. The summed E-state index contributed by atoms with van der Waals surface area (Å²) < 4.78 is 5.57. The maximum absolute atomic E-state index is 5.57. The molecule has 2 aromatic heterocycles. The first kappa shape index (κ1) is 8.99. The molecule has 5 nitrogen and oxygen atoms in total. The van der Waals surface area contributed by atoms with Crippen molar-refractivity contribution in [3.05, 3.63) is 16.8 Å². The van der Waals surface area contributed by atoms with Crippen LogP contribution in [0.5, 0.6) is 0 Å². The van der Waals surface area contributed by atoms with Crippen LogP contribution in [-0.2, 0) is 0 Å². The van der Waals surface area contributed by atoms with Crippen molar-refractivity contribution in [1.29, 1.82) is 0 Å². The molecule has 3 heterocycles. The van der Waals surface area contributed by atoms with Crippen molar-refractivity contribution < 1.29 is 4.42 Å². The molecule has 0 aliphatic carbocycles. The fraction of sp³-hybridized carbons (Fsp3) is 0.444. The molecule has 1 aliphatic rings. The highest BCUT2D eigenvalue weighted by atomic mass is 32.1. The summed E-state index contributed by atoms with van der Waals surface area (Å²) in [4.78, 5) is 4.13. The fourth-order valence-electron chi connectivity index (χ4n) is 1.69. The zero-order valence-electron chi connectivity index (χ0n) is 8.01. The molecule has 6 heteroatoms. The lowest BCUT2D eigenvalue weighted by molar-refractivity contribution is 0.437. The molecule has 1 aliphatic heterocycles. The number of rotatable bonds is 2. The van der Waals surface area contributed by atoms with Crippen molar-refractivity contribution in [2.45, 2.75) is 18.9 Å². The van der Waals surface area contributed by atoms with Gasteiger partial charge in [-0.05, 0) is 19.4 Å². The van der Waals surface area contributed by atoms with Crippen LogP contribution in [0.3, 0.4) is 0 Å². The predicted octanol–water partition coefficient (Wildman–Crippen LogP) is 1.62. The fourth-order valence-corrected chi connectivity index (χ4v) is 2.22. The van der Waals surface area contributed by atoms with Crippen LogP contribution in [0.15, 0.2) is 15.3 Å². The van der Waals surface area contributed by atoms with Gasteiger partial charge in [-0.3, -0.25) is 0 Å². The molecule has 15 heavy (non-hydrogen) atoms. The molecule has 1 fully saturated rings. The highest BCUT2D eigenvalue weighted by Crippen LogP contribution is 2.25. The maximum Gasteiger partial charge on any atom is 0.267 e. The SMILES string of the molecule is c1nc(-c2nnc(C3CCCN3)o2)cs1. The van der Waals surface area contributed by atoms with Gasteiger partial charge in [0.15, 0.2) is 0 Å². The number of hydrogen-bond acceptors (Lipinski definition) is 6. The minimum atomic E-state index is 0.227. The molecule has 0 amide bonds. The number of aromatic nitrogens is 3. The van der Waals surface area contributed by atoms with Crippen molar-refractivity contribution in [1.82, 2.24) is 20.5 Å². The lowest BCUT2D eigenvalue weighted by atomic mass is 10.2. The second kappa shape index (κ2) is 3.71. The molecule has 3 rings (SSSR count). The molecule has 1 saturated heterocycles. The van der Waals surface area contributed by atoms with Crippen LogP contribution in [0.4, 0.5) is 0 Å². The summed E-state index contributed by atoms with van der Waals surface area (Å²) in [6.07, 6.45) is 2.23. The first-order valence-corrected chi connectivity index (χ1v) is 5.83. The predicted molar refractivity (Wildman–Crippen MR) is 55.4 cm³/mol. The maximum atomic E-state index is 5.57. The Labute approximate surface area is 90.6 Å². The Morgan fingerprint density at radius 1 is 1.47 bits per heavy atom. The second-order valence-corrected chi connectivity index (χ2v) is 4.19. The molecule has 1 N–H and O–H groups in total. The Bertz CT molecular complexity index is 433. The lowest BCUT2D eigenvalue weighted by Crippen LogP contribution is -2.12. The molecule has 1 unspecified atom stereocenters. The minimum Gasteiger partial charge on any atom is -0.418 e. The highest BCUT2D eigenvalue weighted by molar-refractivity contribution is 7.07. The summed E-state index contributed by atoms with van der Waals surface area (Å²) in [7, 11) is 0. The normalized spacial score (nSPS) is 20.9. The average Bonchev–Trinajstić information content (AvgIpc) is 3.02. The molecule has 2 aromatic rings. The summed E-state index contributed by atoms with van der Waals surface area (Å²) in [5, 5.41) is 13.2. The van der Waals surface area contributed by atoms with Gasteiger partial charge in [-0.15, -0.1) is 21.5 Å². The highest BCUT2D eigenvalue weighted by Gasteiger charge is 2.22. The van der Waals surface area contributed by atoms with E-state index in [4.69, 9.17) is 4.42 Å². The smallest absolute Gasteiger partial charge is 0.267 e. The Kier molecular flexibility index (Phi) is 2.22. The van der Waals surface area contributed by atoms with Gasteiger partial charge in [0.2, 0.25) is 5.89 Å². The molecule has 0 radical (unpaired) electrons. The van der Waals surface area contributed by atoms with Gasteiger partial charge in [0, 0.05) is 5.38 Å². The molecule has 78 valence electrons. The molecular formula is C9H10N4OS. The van der Waals surface area contributed by atoms with Crippen molar-refractivity contribution in [3.8, 4) is 11.6 Å². The van der Waals surface area contributed by atoms with Gasteiger partial charge in [-0.2, -0.15) is 0 Å². The van der Waals surface area contributed by atoms with E-state index in [2.05, 4.69) is 20.5 Å². The van der Waals surface area contributed by atoms with E-state index in [-0.39, 0.29) is 6.04 Å². The van der Waals surface area contributed by atoms with Crippen molar-refractivity contribution >= 4 is 11.3 Å². The Balaban J connectivity index is 1.87. The van der Waals surface area contributed by atoms with E-state index in [9.17, 15) is 0 Å². The molecule has 0 saturated carbocycles. The van der Waals surface area contributed by atoms with E-state index < -0.39 is 0 Å². The summed E-state index contributed by atoms with van der Waals surface area (Å²) in [6, 6.07) is 0.227. The van der Waals surface area contributed by atoms with Crippen molar-refractivity contribution in [2.75, 3.05) is 6.54 Å². The number of nitrogens with zero attached hydrogens (tertiary/aromatic N) is 3. The third-order valence-corrected chi connectivity index (χ3v) is 3.04. The molecule has 0 aromatic carbocycles. The van der Waals surface area contributed by atoms with Gasteiger partial charge < -0.3 is 9.73 Å². The number of thiazole rings is 1. The molecule has 1 atom stereocenters. The van der Waals surface area contributed by atoms with Crippen molar-refractivity contribution in [2.24, 2.45) is 0 Å². The van der Waals surface area contributed by atoms with Crippen LogP contribution in [0.1, 0.15) is 24.8 Å². The van der Waals surface area contributed by atoms with Gasteiger partial charge in [-0.25, -0.2) is 4.98 Å². The number of nitrogens with one attached hydrogen (secondary N) is 1. The first-order chi connectivity index (χ1) is 7.43. The van der Waals surface area contributed by atoms with Crippen molar-refractivity contribution in [3.63, 3.8) is 0 Å². The van der Waals surface area contributed by atoms with Gasteiger partial charge >= 0.3 is 0 Å². The van der Waals surface area contributed by atoms with Crippen LogP contribution in [0.2, 0.25) is 0 Å². The lowest BCUT2D eigenvalue weighted by Gasteiger charge is -2.01. The summed E-state index contributed by atoms with van der Waals surface area (Å²) in [5.41, 5.74) is 2.52. The Morgan fingerprint density at radius 2 is 2.47 bits per heavy atom. The molecule has 0 spiro atoms. The number of hydrogen-bond donors (Lipinski definition) is 1. The van der Waals surface area contributed by atoms with Crippen LogP contribution >= 0.6 is 11.3 Å². The Morgan fingerprint density at radius 3 is 3.20 bits per heavy atom. The first-order valence-electron chi connectivity index (χ1n) is 4.89. The quantitative estimate of drug-likeness (QED) is 0.836. The van der Waals surface area contributed by atoms with Gasteiger partial charge in [0.25, 0.3) is 5.89 Å². The van der Waals surface area contributed by atoms with Crippen LogP contribution in [-0.4, -0.2) is 21.7 Å². The van der Waals surface area contributed by atoms with Gasteiger partial charge in [0.05, 0.1) is 11.6 Å². The summed E-state index contributed by atoms with van der Waals surface area (Å²) >= 11 is 1.52. The molecule has 0 bridgehead atoms. The van der Waals surface area contributed by atoms with E-state index in [1.807, 2.05) is 5.38 Å². The summed E-state index contributed by atoms with van der Waals surface area (Å²) in [5.74, 6) is 1.19. The van der Waals surface area contributed by atoms with E-state index in [0.717, 1.165) is 18.7 Å².